The van der Waals surface area contributed by atoms with E-state index in [2.05, 4.69) is 13.2 Å². The normalized spacial score (nSPS) is 20.8. The van der Waals surface area contributed by atoms with Crippen molar-refractivity contribution in [1.29, 1.82) is 0 Å². The number of nitrogens with zero attached hydrogens (tertiary/aromatic N) is 3. The van der Waals surface area contributed by atoms with Crippen LogP contribution in [0.1, 0.15) is 60.5 Å². The molecule has 0 bridgehead atoms. The number of hydrogen-bond donors (Lipinski definition) is 0. The SMILES string of the molecule is C=CCC1(CC=C)C[C@H]2[C@H](c3ccccc3C)N(C(=O)N(C)[C@H](C)c3cc(OC)cc(C(F)(F)F)c3)CCN2C1=O. The molecular formula is C32H38F3N3O3. The van der Waals surface area contributed by atoms with Gasteiger partial charge in [-0.3, -0.25) is 4.79 Å². The van der Waals surface area contributed by atoms with Crippen molar-refractivity contribution in [3.63, 3.8) is 0 Å². The van der Waals surface area contributed by atoms with Gasteiger partial charge in [0.05, 0.1) is 36.2 Å². The van der Waals surface area contributed by atoms with Crippen molar-refractivity contribution in [2.75, 3.05) is 27.2 Å². The third-order valence-electron chi connectivity index (χ3n) is 8.68. The van der Waals surface area contributed by atoms with Gasteiger partial charge in [-0.1, -0.05) is 36.4 Å². The molecule has 4 rings (SSSR count). The van der Waals surface area contributed by atoms with Crippen LogP contribution in [0.4, 0.5) is 18.0 Å². The maximum Gasteiger partial charge on any atom is 0.416 e. The Hall–Kier alpha value is -3.75. The van der Waals surface area contributed by atoms with Gasteiger partial charge in [0.2, 0.25) is 5.91 Å². The molecule has 0 saturated carbocycles. The van der Waals surface area contributed by atoms with Crippen molar-refractivity contribution in [2.24, 2.45) is 5.41 Å². The van der Waals surface area contributed by atoms with E-state index in [0.29, 0.717) is 37.9 Å². The summed E-state index contributed by atoms with van der Waals surface area (Å²) in [4.78, 5) is 33.1. The molecule has 2 aromatic rings. The van der Waals surface area contributed by atoms with Crippen molar-refractivity contribution < 1.29 is 27.5 Å². The Balaban J connectivity index is 1.73. The first-order valence-electron chi connectivity index (χ1n) is 13.8. The van der Waals surface area contributed by atoms with Crippen molar-refractivity contribution in [2.45, 2.75) is 57.4 Å². The third kappa shape index (κ3) is 5.59. The van der Waals surface area contributed by atoms with Crippen LogP contribution >= 0.6 is 0 Å². The number of amides is 3. The molecule has 2 fully saturated rings. The van der Waals surface area contributed by atoms with E-state index in [4.69, 9.17) is 4.74 Å². The number of allylic oxidation sites excluding steroid dienone is 2. The van der Waals surface area contributed by atoms with Gasteiger partial charge < -0.3 is 19.4 Å². The molecule has 2 saturated heterocycles. The molecule has 0 aliphatic carbocycles. The van der Waals surface area contributed by atoms with E-state index >= 15 is 0 Å². The molecule has 0 spiro atoms. The summed E-state index contributed by atoms with van der Waals surface area (Å²) in [6.45, 7) is 12.1. The number of rotatable bonds is 8. The van der Waals surface area contributed by atoms with E-state index < -0.39 is 29.2 Å². The summed E-state index contributed by atoms with van der Waals surface area (Å²) in [5.74, 6) is 0.116. The minimum absolute atomic E-state index is 0.0470. The van der Waals surface area contributed by atoms with Crippen LogP contribution in [0.3, 0.4) is 0 Å². The van der Waals surface area contributed by atoms with Gasteiger partial charge >= 0.3 is 12.2 Å². The average molecular weight is 570 g/mol. The zero-order valence-corrected chi connectivity index (χ0v) is 24.1. The Morgan fingerprint density at radius 3 is 2.41 bits per heavy atom. The summed E-state index contributed by atoms with van der Waals surface area (Å²) in [5.41, 5.74) is 0.745. The fourth-order valence-electron chi connectivity index (χ4n) is 6.39. The standard InChI is InChI=1S/C32H38F3N3O3/c1-7-13-31(14-8-2)20-27-28(26-12-10-9-11-21(26)3)38(16-15-37(27)29(31)39)30(40)36(5)22(4)23-17-24(32(33,34)35)19-25(18-23)41-6/h7-12,17-19,22,27-28H,1-2,13-16,20H2,3-6H3/t22-,27+,28+/m1/s1. The molecule has 2 heterocycles. The maximum atomic E-state index is 14.2. The van der Waals surface area contributed by atoms with Crippen LogP contribution in [0.15, 0.2) is 67.8 Å². The molecule has 9 heteroatoms. The number of ether oxygens (including phenoxy) is 1. The lowest BCUT2D eigenvalue weighted by atomic mass is 9.76. The molecule has 41 heavy (non-hydrogen) atoms. The van der Waals surface area contributed by atoms with Gasteiger partial charge in [-0.25, -0.2) is 4.79 Å². The maximum absolute atomic E-state index is 14.2. The summed E-state index contributed by atoms with van der Waals surface area (Å²) in [6.07, 6.45) is 0.531. The van der Waals surface area contributed by atoms with Crippen LogP contribution in [0, 0.1) is 12.3 Å². The Morgan fingerprint density at radius 2 is 1.83 bits per heavy atom. The molecule has 0 radical (unpaired) electrons. The van der Waals surface area contributed by atoms with Crippen LogP contribution in [0.5, 0.6) is 5.75 Å². The number of carbonyl (C=O) groups is 2. The van der Waals surface area contributed by atoms with Crippen LogP contribution < -0.4 is 4.74 Å². The number of hydrogen-bond acceptors (Lipinski definition) is 3. The highest BCUT2D eigenvalue weighted by Gasteiger charge is 2.56. The van der Waals surface area contributed by atoms with E-state index in [9.17, 15) is 22.8 Å². The first-order valence-corrected chi connectivity index (χ1v) is 13.8. The van der Waals surface area contributed by atoms with Crippen LogP contribution in [-0.2, 0) is 11.0 Å². The lowest BCUT2D eigenvalue weighted by Crippen LogP contribution is -2.57. The molecule has 2 aliphatic rings. The second-order valence-corrected chi connectivity index (χ2v) is 11.1. The molecule has 2 aliphatic heterocycles. The Kier molecular flexibility index (Phi) is 8.57. The number of alkyl halides is 3. The number of aryl methyl sites for hydroxylation is 1. The van der Waals surface area contributed by atoms with Gasteiger partial charge in [0.15, 0.2) is 0 Å². The van der Waals surface area contributed by atoms with Gasteiger partial charge in [-0.05, 0) is 68.0 Å². The highest BCUT2D eigenvalue weighted by Crippen LogP contribution is 2.50. The highest BCUT2D eigenvalue weighted by atomic mass is 19.4. The van der Waals surface area contributed by atoms with Crippen LogP contribution in [0.25, 0.3) is 0 Å². The summed E-state index contributed by atoms with van der Waals surface area (Å²) >= 11 is 0. The van der Waals surface area contributed by atoms with E-state index in [1.807, 2.05) is 36.1 Å². The van der Waals surface area contributed by atoms with Gasteiger partial charge in [0.1, 0.15) is 5.75 Å². The highest BCUT2D eigenvalue weighted by molar-refractivity contribution is 5.87. The number of halogens is 3. The number of benzene rings is 2. The molecular weight excluding hydrogens is 531 g/mol. The summed E-state index contributed by atoms with van der Waals surface area (Å²) in [5, 5.41) is 0. The quantitative estimate of drug-likeness (QED) is 0.324. The minimum Gasteiger partial charge on any atom is -0.497 e. The fraction of sp³-hybridized carbons (Fsp3) is 0.438. The number of urea groups is 1. The predicted octanol–water partition coefficient (Wildman–Crippen LogP) is 6.93. The number of methoxy groups -OCH3 is 1. The minimum atomic E-state index is -4.56. The average Bonchev–Trinajstić information content (AvgIpc) is 3.22. The lowest BCUT2D eigenvalue weighted by Gasteiger charge is -2.47. The van der Waals surface area contributed by atoms with Gasteiger partial charge in [-0.15, -0.1) is 13.2 Å². The second kappa shape index (κ2) is 11.6. The zero-order valence-electron chi connectivity index (χ0n) is 24.1. The van der Waals surface area contributed by atoms with Crippen molar-refractivity contribution in [1.82, 2.24) is 14.7 Å². The fourth-order valence-corrected chi connectivity index (χ4v) is 6.39. The monoisotopic (exact) mass is 569 g/mol. The zero-order chi connectivity index (χ0) is 30.1. The smallest absolute Gasteiger partial charge is 0.416 e. The Labute approximate surface area is 240 Å². The van der Waals surface area contributed by atoms with E-state index in [0.717, 1.165) is 23.3 Å². The van der Waals surface area contributed by atoms with Crippen LogP contribution in [-0.4, -0.2) is 59.9 Å². The molecule has 3 atom stereocenters. The van der Waals surface area contributed by atoms with Crippen molar-refractivity contribution in [3.05, 3.63) is 90.0 Å². The number of carbonyl (C=O) groups excluding carboxylic acids is 2. The van der Waals surface area contributed by atoms with Gasteiger partial charge in [-0.2, -0.15) is 13.2 Å². The largest absolute Gasteiger partial charge is 0.497 e. The van der Waals surface area contributed by atoms with Gasteiger partial charge in [0, 0.05) is 20.1 Å². The Morgan fingerprint density at radius 1 is 1.17 bits per heavy atom. The first kappa shape index (κ1) is 30.2. The summed E-state index contributed by atoms with van der Waals surface area (Å²) in [7, 11) is 2.91. The molecule has 0 N–H and O–H groups in total. The molecule has 2 aromatic carbocycles. The molecule has 220 valence electrons. The summed E-state index contributed by atoms with van der Waals surface area (Å²) in [6, 6.07) is 9.65. The van der Waals surface area contributed by atoms with Crippen molar-refractivity contribution in [3.8, 4) is 5.75 Å². The van der Waals surface area contributed by atoms with E-state index in [1.165, 1.54) is 18.1 Å². The number of fused-ring (bicyclic) bond motifs is 1. The molecule has 6 nitrogen and oxygen atoms in total. The van der Waals surface area contributed by atoms with Crippen LogP contribution in [0.2, 0.25) is 0 Å². The topological polar surface area (TPSA) is 53.1 Å². The van der Waals surface area contributed by atoms with Gasteiger partial charge in [0.25, 0.3) is 0 Å². The van der Waals surface area contributed by atoms with Crippen molar-refractivity contribution >= 4 is 11.9 Å². The van der Waals surface area contributed by atoms with E-state index in [1.54, 1.807) is 31.0 Å². The molecule has 0 unspecified atom stereocenters. The lowest BCUT2D eigenvalue weighted by molar-refractivity contribution is -0.139. The third-order valence-corrected chi connectivity index (χ3v) is 8.68. The Bertz CT molecular complexity index is 1310. The second-order valence-electron chi connectivity index (χ2n) is 11.1. The van der Waals surface area contributed by atoms with E-state index in [-0.39, 0.29) is 23.7 Å². The molecule has 3 amide bonds. The summed E-state index contributed by atoms with van der Waals surface area (Å²) < 4.78 is 46.0. The molecule has 0 aromatic heterocycles. The predicted molar refractivity (Wildman–Crippen MR) is 152 cm³/mol. The number of piperazine rings is 1. The first-order chi connectivity index (χ1) is 19.4.